The largest absolute Gasteiger partial charge is 0.289 e. The van der Waals surface area contributed by atoms with Gasteiger partial charge in [0.25, 0.3) is 9.05 Å². The lowest BCUT2D eigenvalue weighted by Crippen LogP contribution is -1.97. The minimum Gasteiger partial charge on any atom is -0.289 e. The standard InChI is InChI=1S/C13H7ClO3S/c14-18(16,17)8-5-6-10-9-3-1-2-4-11(9)13(15)12(10)7-8/h1-7H. The van der Waals surface area contributed by atoms with Gasteiger partial charge in [0.1, 0.15) is 0 Å². The van der Waals surface area contributed by atoms with E-state index in [9.17, 15) is 13.2 Å². The van der Waals surface area contributed by atoms with Gasteiger partial charge in [-0.05, 0) is 23.3 Å². The van der Waals surface area contributed by atoms with E-state index < -0.39 is 9.05 Å². The molecule has 2 aromatic carbocycles. The number of hydrogen-bond donors (Lipinski definition) is 0. The van der Waals surface area contributed by atoms with Crippen LogP contribution in [0, 0.1) is 0 Å². The highest BCUT2D eigenvalue weighted by Gasteiger charge is 2.27. The highest BCUT2D eigenvalue weighted by Crippen LogP contribution is 2.37. The maximum absolute atomic E-state index is 12.1. The van der Waals surface area contributed by atoms with Crippen LogP contribution in [-0.2, 0) is 9.05 Å². The van der Waals surface area contributed by atoms with Crippen molar-refractivity contribution in [1.29, 1.82) is 0 Å². The van der Waals surface area contributed by atoms with Gasteiger partial charge in [-0.25, -0.2) is 8.42 Å². The lowest BCUT2D eigenvalue weighted by molar-refractivity contribution is 0.104. The van der Waals surface area contributed by atoms with Crippen molar-refractivity contribution in [3.63, 3.8) is 0 Å². The summed E-state index contributed by atoms with van der Waals surface area (Å²) < 4.78 is 22.5. The van der Waals surface area contributed by atoms with Gasteiger partial charge in [0.05, 0.1) is 4.90 Å². The summed E-state index contributed by atoms with van der Waals surface area (Å²) in [4.78, 5) is 12.1. The molecule has 1 aliphatic carbocycles. The molecule has 0 spiro atoms. The van der Waals surface area contributed by atoms with Crippen molar-refractivity contribution >= 4 is 25.5 Å². The van der Waals surface area contributed by atoms with Crippen LogP contribution in [0.3, 0.4) is 0 Å². The molecule has 3 nitrogen and oxygen atoms in total. The van der Waals surface area contributed by atoms with E-state index in [4.69, 9.17) is 10.7 Å². The number of carbonyl (C=O) groups is 1. The zero-order chi connectivity index (χ0) is 12.9. The summed E-state index contributed by atoms with van der Waals surface area (Å²) in [5.41, 5.74) is 2.56. The van der Waals surface area contributed by atoms with Crippen LogP contribution >= 0.6 is 10.7 Å². The molecule has 5 heteroatoms. The van der Waals surface area contributed by atoms with Gasteiger partial charge in [-0.2, -0.15) is 0 Å². The van der Waals surface area contributed by atoms with Gasteiger partial charge in [0, 0.05) is 21.8 Å². The summed E-state index contributed by atoms with van der Waals surface area (Å²) in [6.07, 6.45) is 0. The average Bonchev–Trinajstić information content (AvgIpc) is 2.63. The molecule has 0 aromatic heterocycles. The molecule has 2 aromatic rings. The normalized spacial score (nSPS) is 13.3. The van der Waals surface area contributed by atoms with Crippen molar-refractivity contribution in [2.45, 2.75) is 4.90 Å². The summed E-state index contributed by atoms with van der Waals surface area (Å²) >= 11 is 0. The molecular weight excluding hydrogens is 272 g/mol. The number of halogens is 1. The number of hydrogen-bond acceptors (Lipinski definition) is 3. The van der Waals surface area contributed by atoms with E-state index in [0.717, 1.165) is 11.1 Å². The minimum atomic E-state index is -3.82. The Morgan fingerprint density at radius 2 is 1.44 bits per heavy atom. The topological polar surface area (TPSA) is 51.2 Å². The van der Waals surface area contributed by atoms with Crippen molar-refractivity contribution in [1.82, 2.24) is 0 Å². The first-order valence-corrected chi connectivity index (χ1v) is 7.52. The first-order chi connectivity index (χ1) is 8.48. The van der Waals surface area contributed by atoms with Gasteiger partial charge in [-0.3, -0.25) is 4.79 Å². The van der Waals surface area contributed by atoms with Crippen LogP contribution in [0.1, 0.15) is 15.9 Å². The van der Waals surface area contributed by atoms with Crippen LogP contribution in [-0.4, -0.2) is 14.2 Å². The zero-order valence-corrected chi connectivity index (χ0v) is 10.6. The number of ketones is 1. The molecule has 90 valence electrons. The summed E-state index contributed by atoms with van der Waals surface area (Å²) in [7, 11) is 1.47. The third-order valence-electron chi connectivity index (χ3n) is 2.98. The van der Waals surface area contributed by atoms with E-state index in [0.29, 0.717) is 11.1 Å². The predicted molar refractivity (Wildman–Crippen MR) is 68.3 cm³/mol. The molecule has 0 aliphatic heterocycles. The monoisotopic (exact) mass is 278 g/mol. The van der Waals surface area contributed by atoms with Crippen molar-refractivity contribution in [2.24, 2.45) is 0 Å². The number of rotatable bonds is 1. The maximum Gasteiger partial charge on any atom is 0.261 e. The molecule has 3 rings (SSSR count). The molecule has 0 saturated carbocycles. The third-order valence-corrected chi connectivity index (χ3v) is 4.33. The first-order valence-electron chi connectivity index (χ1n) is 5.21. The summed E-state index contributed by atoms with van der Waals surface area (Å²) in [6, 6.07) is 11.6. The molecule has 0 unspecified atom stereocenters. The van der Waals surface area contributed by atoms with E-state index in [2.05, 4.69) is 0 Å². The van der Waals surface area contributed by atoms with Crippen LogP contribution < -0.4 is 0 Å². The Balaban J connectivity index is 2.30. The first kappa shape index (κ1) is 11.4. The van der Waals surface area contributed by atoms with Crippen LogP contribution in [0.4, 0.5) is 0 Å². The molecule has 0 radical (unpaired) electrons. The Morgan fingerprint density at radius 3 is 2.11 bits per heavy atom. The maximum atomic E-state index is 12.1. The highest BCUT2D eigenvalue weighted by atomic mass is 35.7. The van der Waals surface area contributed by atoms with E-state index in [1.165, 1.54) is 12.1 Å². The van der Waals surface area contributed by atoms with E-state index in [1.54, 1.807) is 18.2 Å². The van der Waals surface area contributed by atoms with Gasteiger partial charge in [-0.1, -0.05) is 30.3 Å². The van der Waals surface area contributed by atoms with Gasteiger partial charge < -0.3 is 0 Å². The lowest BCUT2D eigenvalue weighted by atomic mass is 10.1. The van der Waals surface area contributed by atoms with Crippen molar-refractivity contribution < 1.29 is 13.2 Å². The van der Waals surface area contributed by atoms with Crippen LogP contribution in [0.25, 0.3) is 11.1 Å². The zero-order valence-electron chi connectivity index (χ0n) is 9.05. The molecule has 0 saturated heterocycles. The van der Waals surface area contributed by atoms with Crippen LogP contribution in [0.5, 0.6) is 0 Å². The Labute approximate surface area is 108 Å². The van der Waals surface area contributed by atoms with Gasteiger partial charge >= 0.3 is 0 Å². The highest BCUT2D eigenvalue weighted by molar-refractivity contribution is 8.13. The van der Waals surface area contributed by atoms with Crippen molar-refractivity contribution in [3.8, 4) is 11.1 Å². The fourth-order valence-electron chi connectivity index (χ4n) is 2.16. The van der Waals surface area contributed by atoms with Gasteiger partial charge in [0.2, 0.25) is 0 Å². The molecule has 0 amide bonds. The van der Waals surface area contributed by atoms with E-state index in [-0.39, 0.29) is 10.7 Å². The van der Waals surface area contributed by atoms with E-state index >= 15 is 0 Å². The molecule has 0 bridgehead atoms. The SMILES string of the molecule is O=C1c2ccccc2-c2ccc(S(=O)(=O)Cl)cc21. The molecule has 18 heavy (non-hydrogen) atoms. The average molecular weight is 279 g/mol. The number of fused-ring (bicyclic) bond motifs is 3. The number of benzene rings is 2. The van der Waals surface area contributed by atoms with Crippen molar-refractivity contribution in [3.05, 3.63) is 53.6 Å². The molecule has 0 N–H and O–H groups in total. The van der Waals surface area contributed by atoms with Crippen molar-refractivity contribution in [2.75, 3.05) is 0 Å². The molecule has 0 atom stereocenters. The Kier molecular flexibility index (Phi) is 2.33. The Bertz CT molecular complexity index is 779. The fourth-order valence-corrected chi connectivity index (χ4v) is 2.94. The molecule has 1 aliphatic rings. The van der Waals surface area contributed by atoms with Crippen LogP contribution in [0.15, 0.2) is 47.4 Å². The molecule has 0 fully saturated rings. The second-order valence-electron chi connectivity index (χ2n) is 4.02. The summed E-state index contributed by atoms with van der Waals surface area (Å²) in [5, 5.41) is 0. The molecular formula is C13H7ClO3S. The lowest BCUT2D eigenvalue weighted by Gasteiger charge is -2.01. The van der Waals surface area contributed by atoms with E-state index in [1.807, 2.05) is 12.1 Å². The van der Waals surface area contributed by atoms with Gasteiger partial charge in [-0.15, -0.1) is 0 Å². The predicted octanol–water partition coefficient (Wildman–Crippen LogP) is 2.83. The Morgan fingerprint density at radius 1 is 0.833 bits per heavy atom. The number of carbonyl (C=O) groups excluding carboxylic acids is 1. The smallest absolute Gasteiger partial charge is 0.261 e. The quantitative estimate of drug-likeness (QED) is 0.643. The minimum absolute atomic E-state index is 0.0518. The van der Waals surface area contributed by atoms with Gasteiger partial charge in [0.15, 0.2) is 5.78 Å². The Hall–Kier alpha value is -1.65. The second-order valence-corrected chi connectivity index (χ2v) is 6.59. The third kappa shape index (κ3) is 1.57. The second kappa shape index (κ2) is 3.67. The summed E-state index contributed by atoms with van der Waals surface area (Å²) in [6.45, 7) is 0. The van der Waals surface area contributed by atoms with Crippen LogP contribution in [0.2, 0.25) is 0 Å². The summed E-state index contributed by atoms with van der Waals surface area (Å²) in [5.74, 6) is -0.164. The molecule has 0 heterocycles. The fraction of sp³-hybridized carbons (Fsp3) is 0.